The summed E-state index contributed by atoms with van der Waals surface area (Å²) >= 11 is 0. The van der Waals surface area contributed by atoms with Gasteiger partial charge in [-0.15, -0.1) is 12.4 Å². The second kappa shape index (κ2) is 8.98. The Labute approximate surface area is 128 Å². The third kappa shape index (κ3) is 5.14. The van der Waals surface area contributed by atoms with E-state index in [2.05, 4.69) is 26.0 Å². The van der Waals surface area contributed by atoms with E-state index in [1.165, 1.54) is 0 Å². The molecule has 1 amide bonds. The first-order valence-corrected chi connectivity index (χ1v) is 7.07. The van der Waals surface area contributed by atoms with Gasteiger partial charge in [-0.25, -0.2) is 0 Å². The van der Waals surface area contributed by atoms with Gasteiger partial charge < -0.3 is 10.6 Å². The van der Waals surface area contributed by atoms with Crippen LogP contribution in [0.5, 0.6) is 0 Å². The summed E-state index contributed by atoms with van der Waals surface area (Å²) in [6.07, 6.45) is 0.949. The minimum Gasteiger partial charge on any atom is -0.335 e. The summed E-state index contributed by atoms with van der Waals surface area (Å²) in [5.41, 5.74) is 7.02. The molecule has 0 saturated heterocycles. The van der Waals surface area contributed by atoms with Gasteiger partial charge in [0, 0.05) is 18.6 Å². The molecule has 2 N–H and O–H groups in total. The van der Waals surface area contributed by atoms with Crippen LogP contribution in [-0.2, 0) is 11.3 Å². The molecule has 0 aliphatic heterocycles. The number of rotatable bonds is 6. The van der Waals surface area contributed by atoms with Gasteiger partial charge in [-0.3, -0.25) is 4.79 Å². The van der Waals surface area contributed by atoms with E-state index in [-0.39, 0.29) is 36.3 Å². The summed E-state index contributed by atoms with van der Waals surface area (Å²) in [5, 5.41) is 0. The smallest absolute Gasteiger partial charge is 0.227 e. The highest BCUT2D eigenvalue weighted by Gasteiger charge is 2.26. The Balaban J connectivity index is 0.00000361. The number of carbonyl (C=O) groups is 1. The van der Waals surface area contributed by atoms with E-state index in [9.17, 15) is 4.79 Å². The van der Waals surface area contributed by atoms with Crippen LogP contribution in [0, 0.1) is 5.92 Å². The van der Waals surface area contributed by atoms with E-state index in [0.29, 0.717) is 6.54 Å². The van der Waals surface area contributed by atoms with Crippen molar-refractivity contribution in [1.82, 2.24) is 4.90 Å². The number of carbonyl (C=O) groups excluding carboxylic acids is 1. The molecular weight excluding hydrogens is 272 g/mol. The van der Waals surface area contributed by atoms with Crippen molar-refractivity contribution in [1.29, 1.82) is 0 Å². The minimum absolute atomic E-state index is 0. The number of nitrogens with two attached hydrogens (primary N) is 1. The molecule has 3 atom stereocenters. The topological polar surface area (TPSA) is 46.3 Å². The molecule has 0 aliphatic rings. The molecule has 0 bridgehead atoms. The Bertz CT molecular complexity index is 395. The van der Waals surface area contributed by atoms with Crippen LogP contribution in [0.3, 0.4) is 0 Å². The molecule has 1 aromatic rings. The normalized spacial score (nSPS) is 14.8. The number of hydrogen-bond acceptors (Lipinski definition) is 2. The molecule has 0 aromatic heterocycles. The quantitative estimate of drug-likeness (QED) is 0.876. The van der Waals surface area contributed by atoms with Crippen molar-refractivity contribution in [3.8, 4) is 0 Å². The van der Waals surface area contributed by atoms with Crippen molar-refractivity contribution in [3.05, 3.63) is 35.9 Å². The van der Waals surface area contributed by atoms with Gasteiger partial charge in [0.25, 0.3) is 0 Å². The van der Waals surface area contributed by atoms with Crippen LogP contribution in [0.15, 0.2) is 30.3 Å². The maximum absolute atomic E-state index is 12.5. The number of amides is 1. The van der Waals surface area contributed by atoms with Crippen LogP contribution in [0.2, 0.25) is 0 Å². The van der Waals surface area contributed by atoms with Crippen LogP contribution in [0.25, 0.3) is 0 Å². The van der Waals surface area contributed by atoms with E-state index in [4.69, 9.17) is 5.73 Å². The van der Waals surface area contributed by atoms with Gasteiger partial charge >= 0.3 is 0 Å². The van der Waals surface area contributed by atoms with Crippen LogP contribution in [-0.4, -0.2) is 22.9 Å². The second-order valence-electron chi connectivity index (χ2n) is 5.36. The Hall–Kier alpha value is -1.06. The fraction of sp³-hybridized carbons (Fsp3) is 0.562. The van der Waals surface area contributed by atoms with Gasteiger partial charge in [0.15, 0.2) is 0 Å². The number of hydrogen-bond donors (Lipinski definition) is 1. The summed E-state index contributed by atoms with van der Waals surface area (Å²) in [6, 6.07) is 10.2. The molecule has 3 nitrogen and oxygen atoms in total. The van der Waals surface area contributed by atoms with Crippen molar-refractivity contribution in [2.24, 2.45) is 11.7 Å². The second-order valence-corrected chi connectivity index (χ2v) is 5.36. The zero-order valence-electron chi connectivity index (χ0n) is 12.9. The average Bonchev–Trinajstić information content (AvgIpc) is 2.43. The third-order valence-electron chi connectivity index (χ3n) is 3.78. The first-order chi connectivity index (χ1) is 8.97. The Kier molecular flexibility index (Phi) is 8.51. The Morgan fingerprint density at radius 3 is 2.20 bits per heavy atom. The van der Waals surface area contributed by atoms with Gasteiger partial charge in [-0.2, -0.15) is 0 Å². The summed E-state index contributed by atoms with van der Waals surface area (Å²) in [5.74, 6) is 0.00548. The van der Waals surface area contributed by atoms with E-state index >= 15 is 0 Å². The summed E-state index contributed by atoms with van der Waals surface area (Å²) in [7, 11) is 0. The lowest BCUT2D eigenvalue weighted by atomic mass is 10.0. The van der Waals surface area contributed by atoms with Gasteiger partial charge in [-0.1, -0.05) is 44.2 Å². The molecule has 20 heavy (non-hydrogen) atoms. The average molecular weight is 299 g/mol. The van der Waals surface area contributed by atoms with Gasteiger partial charge in [-0.05, 0) is 25.8 Å². The summed E-state index contributed by atoms with van der Waals surface area (Å²) in [6.45, 7) is 8.65. The van der Waals surface area contributed by atoms with Crippen LogP contribution >= 0.6 is 12.4 Å². The molecule has 0 saturated carbocycles. The maximum atomic E-state index is 12.5. The predicted molar refractivity (Wildman–Crippen MR) is 86.8 cm³/mol. The van der Waals surface area contributed by atoms with Crippen molar-refractivity contribution < 1.29 is 4.79 Å². The van der Waals surface area contributed by atoms with E-state index in [1.807, 2.05) is 36.9 Å². The fourth-order valence-corrected chi connectivity index (χ4v) is 1.94. The lowest BCUT2D eigenvalue weighted by molar-refractivity contribution is -0.138. The molecule has 0 spiro atoms. The van der Waals surface area contributed by atoms with Crippen molar-refractivity contribution >= 4 is 18.3 Å². The van der Waals surface area contributed by atoms with Crippen LogP contribution < -0.4 is 5.73 Å². The predicted octanol–water partition coefficient (Wildman–Crippen LogP) is 3.22. The molecule has 1 rings (SSSR count). The first-order valence-electron chi connectivity index (χ1n) is 7.07. The van der Waals surface area contributed by atoms with Crippen molar-refractivity contribution in [2.75, 3.05) is 0 Å². The number of nitrogens with zero attached hydrogens (tertiary/aromatic N) is 1. The molecule has 3 unspecified atom stereocenters. The molecular formula is C16H27ClN2O. The first kappa shape index (κ1) is 18.9. The van der Waals surface area contributed by atoms with Crippen molar-refractivity contribution in [2.45, 2.75) is 52.7 Å². The minimum atomic E-state index is -0.141. The lowest BCUT2D eigenvalue weighted by Crippen LogP contribution is -2.45. The summed E-state index contributed by atoms with van der Waals surface area (Å²) in [4.78, 5) is 14.5. The van der Waals surface area contributed by atoms with Crippen molar-refractivity contribution in [3.63, 3.8) is 0 Å². The Morgan fingerprint density at radius 2 is 1.75 bits per heavy atom. The Morgan fingerprint density at radius 1 is 1.20 bits per heavy atom. The van der Waals surface area contributed by atoms with Crippen LogP contribution in [0.1, 0.15) is 39.7 Å². The van der Waals surface area contributed by atoms with E-state index in [1.54, 1.807) is 0 Å². The van der Waals surface area contributed by atoms with Gasteiger partial charge in [0.05, 0.1) is 5.92 Å². The molecule has 4 heteroatoms. The molecule has 114 valence electrons. The van der Waals surface area contributed by atoms with E-state index < -0.39 is 0 Å². The van der Waals surface area contributed by atoms with Crippen LogP contribution in [0.4, 0.5) is 0 Å². The molecule has 0 fully saturated rings. The molecule has 0 radical (unpaired) electrons. The number of benzene rings is 1. The molecule has 0 heterocycles. The van der Waals surface area contributed by atoms with E-state index in [0.717, 1.165) is 12.0 Å². The molecule has 1 aromatic carbocycles. The van der Waals surface area contributed by atoms with Gasteiger partial charge in [0.1, 0.15) is 0 Å². The maximum Gasteiger partial charge on any atom is 0.227 e. The summed E-state index contributed by atoms with van der Waals surface area (Å²) < 4.78 is 0. The lowest BCUT2D eigenvalue weighted by Gasteiger charge is -2.32. The highest BCUT2D eigenvalue weighted by atomic mass is 35.5. The molecule has 0 aliphatic carbocycles. The number of halogens is 1. The largest absolute Gasteiger partial charge is 0.335 e. The zero-order valence-corrected chi connectivity index (χ0v) is 13.7. The SMILES string of the molecule is CCC(C)N(Cc1ccccc1)C(=O)C(C)C(C)N.Cl. The zero-order chi connectivity index (χ0) is 14.4. The third-order valence-corrected chi connectivity index (χ3v) is 3.78. The monoisotopic (exact) mass is 298 g/mol. The van der Waals surface area contributed by atoms with Gasteiger partial charge in [0.2, 0.25) is 5.91 Å². The highest BCUT2D eigenvalue weighted by Crippen LogP contribution is 2.15. The standard InChI is InChI=1S/C16H26N2O.ClH/c1-5-12(2)18(16(19)13(3)14(4)17)11-15-9-7-6-8-10-15;/h6-10,12-14H,5,11,17H2,1-4H3;1H. The fourth-order valence-electron chi connectivity index (χ4n) is 1.94. The highest BCUT2D eigenvalue weighted by molar-refractivity contribution is 5.85.